The number of furan rings is 1. The van der Waals surface area contributed by atoms with Crippen LogP contribution in [0.5, 0.6) is 0 Å². The predicted molar refractivity (Wildman–Crippen MR) is 41.6 cm³/mol. The van der Waals surface area contributed by atoms with Crippen molar-refractivity contribution >= 4 is 11.0 Å². The second kappa shape index (κ2) is 1.99. The van der Waals surface area contributed by atoms with Gasteiger partial charge in [-0.2, -0.15) is 0 Å². The van der Waals surface area contributed by atoms with Gasteiger partial charge in [0.1, 0.15) is 11.3 Å². The van der Waals surface area contributed by atoms with E-state index in [4.69, 9.17) is 4.42 Å². The molecule has 2 rings (SSSR count). The zero-order chi connectivity index (χ0) is 7.84. The second-order valence-electron chi connectivity index (χ2n) is 2.44. The summed E-state index contributed by atoms with van der Waals surface area (Å²) in [6.07, 6.45) is 1.58. The first kappa shape index (κ1) is 6.22. The third kappa shape index (κ3) is 0.852. The minimum absolute atomic E-state index is 0.0978. The Morgan fingerprint density at radius 2 is 2.36 bits per heavy atom. The number of nitrogens with one attached hydrogen (secondary N) is 1. The average Bonchev–Trinajstić information content (AvgIpc) is 2.31. The molecule has 0 saturated heterocycles. The molecule has 0 aliphatic heterocycles. The van der Waals surface area contributed by atoms with Gasteiger partial charge >= 0.3 is 0 Å². The Kier molecular flexibility index (Phi) is 1.12. The third-order valence-electron chi connectivity index (χ3n) is 1.58. The number of aromatic amines is 1. The Balaban J connectivity index is 3.02. The van der Waals surface area contributed by atoms with Crippen molar-refractivity contribution in [2.24, 2.45) is 0 Å². The van der Waals surface area contributed by atoms with E-state index < -0.39 is 0 Å². The number of aryl methyl sites for hydroxylation is 1. The molecular formula is C8H7NO2. The molecule has 0 aliphatic carbocycles. The van der Waals surface area contributed by atoms with E-state index in [0.717, 1.165) is 5.76 Å². The number of rotatable bonds is 0. The predicted octanol–water partition coefficient (Wildman–Crippen LogP) is 1.43. The molecule has 0 spiro atoms. The molecule has 3 heteroatoms. The zero-order valence-corrected chi connectivity index (χ0v) is 6.05. The summed E-state index contributed by atoms with van der Waals surface area (Å²) in [7, 11) is 0. The van der Waals surface area contributed by atoms with Gasteiger partial charge in [0.25, 0.3) is 5.56 Å². The summed E-state index contributed by atoms with van der Waals surface area (Å²) >= 11 is 0. The van der Waals surface area contributed by atoms with Gasteiger partial charge in [0.15, 0.2) is 0 Å². The Hall–Kier alpha value is -1.51. The summed E-state index contributed by atoms with van der Waals surface area (Å²) in [4.78, 5) is 13.6. The molecule has 1 N–H and O–H groups in total. The standard InChI is InChI=1S/C8H7NO2/c1-5-4-6-7(11-5)2-3-9-8(6)10/h2-4H,1H3,(H,9,10). The van der Waals surface area contributed by atoms with Crippen LogP contribution in [-0.4, -0.2) is 4.98 Å². The Morgan fingerprint density at radius 3 is 3.09 bits per heavy atom. The average molecular weight is 149 g/mol. The minimum atomic E-state index is -0.0978. The Bertz CT molecular complexity index is 439. The van der Waals surface area contributed by atoms with Crippen LogP contribution in [0, 0.1) is 6.92 Å². The highest BCUT2D eigenvalue weighted by Gasteiger charge is 2.01. The fourth-order valence-corrected chi connectivity index (χ4v) is 1.10. The number of H-pyrrole nitrogens is 1. The van der Waals surface area contributed by atoms with Gasteiger partial charge in [0.05, 0.1) is 5.39 Å². The fraction of sp³-hybridized carbons (Fsp3) is 0.125. The highest BCUT2D eigenvalue weighted by Crippen LogP contribution is 2.12. The molecule has 0 fully saturated rings. The van der Waals surface area contributed by atoms with Gasteiger partial charge in [-0.1, -0.05) is 0 Å². The molecule has 0 bridgehead atoms. The van der Waals surface area contributed by atoms with Crippen LogP contribution in [0.1, 0.15) is 5.76 Å². The molecule has 2 aromatic rings. The lowest BCUT2D eigenvalue weighted by molar-refractivity contribution is 0.578. The van der Waals surface area contributed by atoms with E-state index in [1.165, 1.54) is 0 Å². The quantitative estimate of drug-likeness (QED) is 0.615. The summed E-state index contributed by atoms with van der Waals surface area (Å²) in [5.74, 6) is 0.761. The highest BCUT2D eigenvalue weighted by molar-refractivity contribution is 5.76. The summed E-state index contributed by atoms with van der Waals surface area (Å²) in [5, 5.41) is 0.616. The van der Waals surface area contributed by atoms with Gasteiger partial charge in [-0.15, -0.1) is 0 Å². The summed E-state index contributed by atoms with van der Waals surface area (Å²) in [6.45, 7) is 1.82. The van der Waals surface area contributed by atoms with Gasteiger partial charge in [-0.25, -0.2) is 0 Å². The van der Waals surface area contributed by atoms with E-state index in [0.29, 0.717) is 11.0 Å². The van der Waals surface area contributed by atoms with E-state index in [1.807, 2.05) is 6.92 Å². The maximum atomic E-state index is 11.1. The summed E-state index contributed by atoms with van der Waals surface area (Å²) in [5.41, 5.74) is 0.547. The van der Waals surface area contributed by atoms with Crippen LogP contribution >= 0.6 is 0 Å². The number of aromatic nitrogens is 1. The van der Waals surface area contributed by atoms with Crippen molar-refractivity contribution in [1.82, 2.24) is 4.98 Å². The molecule has 3 nitrogen and oxygen atoms in total. The van der Waals surface area contributed by atoms with E-state index in [2.05, 4.69) is 4.98 Å². The smallest absolute Gasteiger partial charge is 0.259 e. The van der Waals surface area contributed by atoms with Crippen LogP contribution in [0.3, 0.4) is 0 Å². The number of fused-ring (bicyclic) bond motifs is 1. The highest BCUT2D eigenvalue weighted by atomic mass is 16.3. The van der Waals surface area contributed by atoms with Gasteiger partial charge < -0.3 is 9.40 Å². The summed E-state index contributed by atoms with van der Waals surface area (Å²) in [6, 6.07) is 3.47. The van der Waals surface area contributed by atoms with Crippen molar-refractivity contribution in [3.8, 4) is 0 Å². The first-order valence-electron chi connectivity index (χ1n) is 3.35. The lowest BCUT2D eigenvalue weighted by Crippen LogP contribution is -2.01. The van der Waals surface area contributed by atoms with Gasteiger partial charge in [0.2, 0.25) is 0 Å². The van der Waals surface area contributed by atoms with Crippen molar-refractivity contribution < 1.29 is 4.42 Å². The second-order valence-corrected chi connectivity index (χ2v) is 2.44. The molecule has 0 atom stereocenters. The normalized spacial score (nSPS) is 10.6. The van der Waals surface area contributed by atoms with Crippen molar-refractivity contribution in [3.05, 3.63) is 34.4 Å². The molecule has 0 saturated carbocycles. The molecular weight excluding hydrogens is 142 g/mol. The van der Waals surface area contributed by atoms with Gasteiger partial charge in [-0.05, 0) is 19.1 Å². The molecule has 2 aromatic heterocycles. The maximum Gasteiger partial charge on any atom is 0.259 e. The minimum Gasteiger partial charge on any atom is -0.461 e. The Labute approximate surface area is 62.7 Å². The van der Waals surface area contributed by atoms with E-state index in [1.54, 1.807) is 18.3 Å². The Morgan fingerprint density at radius 1 is 1.55 bits per heavy atom. The fourth-order valence-electron chi connectivity index (χ4n) is 1.10. The lowest BCUT2D eigenvalue weighted by atomic mass is 10.3. The van der Waals surface area contributed by atoms with E-state index in [-0.39, 0.29) is 5.56 Å². The molecule has 0 amide bonds. The number of pyridine rings is 1. The van der Waals surface area contributed by atoms with Crippen molar-refractivity contribution in [2.45, 2.75) is 6.92 Å². The molecule has 0 unspecified atom stereocenters. The van der Waals surface area contributed by atoms with Crippen LogP contribution in [-0.2, 0) is 0 Å². The molecule has 0 radical (unpaired) electrons. The first-order chi connectivity index (χ1) is 5.27. The van der Waals surface area contributed by atoms with Crippen LogP contribution < -0.4 is 5.56 Å². The molecule has 11 heavy (non-hydrogen) atoms. The topological polar surface area (TPSA) is 46.0 Å². The largest absolute Gasteiger partial charge is 0.461 e. The van der Waals surface area contributed by atoms with Gasteiger partial charge in [-0.3, -0.25) is 4.79 Å². The number of hydrogen-bond acceptors (Lipinski definition) is 2. The molecule has 0 aromatic carbocycles. The monoisotopic (exact) mass is 149 g/mol. The number of hydrogen-bond donors (Lipinski definition) is 1. The van der Waals surface area contributed by atoms with Crippen LogP contribution in [0.15, 0.2) is 27.5 Å². The van der Waals surface area contributed by atoms with Crippen LogP contribution in [0.4, 0.5) is 0 Å². The SMILES string of the molecule is Cc1cc2c(=O)[nH]ccc2o1. The molecule has 56 valence electrons. The van der Waals surface area contributed by atoms with E-state index in [9.17, 15) is 4.79 Å². The third-order valence-corrected chi connectivity index (χ3v) is 1.58. The first-order valence-corrected chi connectivity index (χ1v) is 3.35. The zero-order valence-electron chi connectivity index (χ0n) is 6.05. The maximum absolute atomic E-state index is 11.1. The van der Waals surface area contributed by atoms with Gasteiger partial charge in [0, 0.05) is 6.20 Å². The van der Waals surface area contributed by atoms with Crippen LogP contribution in [0.25, 0.3) is 11.0 Å². The summed E-state index contributed by atoms with van der Waals surface area (Å²) < 4.78 is 5.23. The lowest BCUT2D eigenvalue weighted by Gasteiger charge is -1.82. The van der Waals surface area contributed by atoms with E-state index >= 15 is 0 Å². The molecule has 2 heterocycles. The van der Waals surface area contributed by atoms with Crippen molar-refractivity contribution in [1.29, 1.82) is 0 Å². The van der Waals surface area contributed by atoms with Crippen LogP contribution in [0.2, 0.25) is 0 Å². The van der Waals surface area contributed by atoms with Crippen molar-refractivity contribution in [2.75, 3.05) is 0 Å². The van der Waals surface area contributed by atoms with Crippen molar-refractivity contribution in [3.63, 3.8) is 0 Å². The molecule has 0 aliphatic rings.